The number of rotatable bonds is 5. The van der Waals surface area contributed by atoms with Crippen LogP contribution in [0.4, 0.5) is 28.9 Å². The molecule has 2 heterocycles. The van der Waals surface area contributed by atoms with Crippen LogP contribution in [0.15, 0.2) is 82.6 Å². The SMILES string of the molecule is O=C(c1c[nH]c2ccc(S(=O)(=O)Nc3cccc(C(F)(F)F)c3)cc2c1=O)N1CCN(c2ccccc2F)CC1. The summed E-state index contributed by atoms with van der Waals surface area (Å²) in [6.45, 7) is 1.17. The number of amides is 1. The van der Waals surface area contributed by atoms with E-state index >= 15 is 0 Å². The van der Waals surface area contributed by atoms with Crippen LogP contribution in [0.1, 0.15) is 15.9 Å². The van der Waals surface area contributed by atoms with Gasteiger partial charge in [-0.15, -0.1) is 0 Å². The average molecular weight is 575 g/mol. The van der Waals surface area contributed by atoms with E-state index in [1.54, 1.807) is 23.1 Å². The first-order chi connectivity index (χ1) is 18.9. The quantitative estimate of drug-likeness (QED) is 0.343. The molecule has 0 aliphatic carbocycles. The molecule has 0 radical (unpaired) electrons. The third-order valence-corrected chi connectivity index (χ3v) is 7.97. The number of nitrogens with one attached hydrogen (secondary N) is 2. The number of benzene rings is 3. The highest BCUT2D eigenvalue weighted by Gasteiger charge is 2.31. The minimum atomic E-state index is -4.66. The number of aromatic nitrogens is 1. The highest BCUT2D eigenvalue weighted by molar-refractivity contribution is 7.92. The molecule has 13 heteroatoms. The Balaban J connectivity index is 1.38. The van der Waals surface area contributed by atoms with Crippen molar-refractivity contribution >= 4 is 38.2 Å². The zero-order valence-corrected chi connectivity index (χ0v) is 21.5. The van der Waals surface area contributed by atoms with Gasteiger partial charge in [-0.25, -0.2) is 12.8 Å². The van der Waals surface area contributed by atoms with E-state index in [0.717, 1.165) is 18.2 Å². The normalized spacial score (nSPS) is 14.4. The molecular weight excluding hydrogens is 552 g/mol. The van der Waals surface area contributed by atoms with Crippen LogP contribution in [0.25, 0.3) is 10.9 Å². The predicted molar refractivity (Wildman–Crippen MR) is 141 cm³/mol. The number of alkyl halides is 3. The fourth-order valence-corrected chi connectivity index (χ4v) is 5.60. The predicted octanol–water partition coefficient (Wildman–Crippen LogP) is 4.45. The number of para-hydroxylation sites is 1. The number of hydrogen-bond donors (Lipinski definition) is 2. The molecule has 2 N–H and O–H groups in total. The second kappa shape index (κ2) is 10.3. The van der Waals surface area contributed by atoms with Crippen LogP contribution in [-0.2, 0) is 16.2 Å². The molecule has 208 valence electrons. The van der Waals surface area contributed by atoms with Crippen molar-refractivity contribution in [2.75, 3.05) is 35.8 Å². The zero-order valence-electron chi connectivity index (χ0n) is 20.7. The molecule has 1 amide bonds. The van der Waals surface area contributed by atoms with Gasteiger partial charge in [0.05, 0.1) is 16.1 Å². The van der Waals surface area contributed by atoms with Crippen molar-refractivity contribution in [2.24, 2.45) is 0 Å². The number of fused-ring (bicyclic) bond motifs is 1. The zero-order chi connectivity index (χ0) is 28.7. The maximum Gasteiger partial charge on any atom is 0.416 e. The van der Waals surface area contributed by atoms with Crippen LogP contribution in [0.5, 0.6) is 0 Å². The molecule has 1 aromatic heterocycles. The lowest BCUT2D eigenvalue weighted by atomic mass is 10.1. The fraction of sp³-hybridized carbons (Fsp3) is 0.185. The molecule has 0 spiro atoms. The van der Waals surface area contributed by atoms with Crippen LogP contribution < -0.4 is 15.1 Å². The Bertz CT molecular complexity index is 1760. The molecule has 0 bridgehead atoms. The van der Waals surface area contributed by atoms with Gasteiger partial charge in [0.15, 0.2) is 0 Å². The number of anilines is 2. The topological polar surface area (TPSA) is 103 Å². The molecule has 1 fully saturated rings. The number of nitrogens with zero attached hydrogens (tertiary/aromatic N) is 2. The van der Waals surface area contributed by atoms with E-state index in [0.29, 0.717) is 24.8 Å². The minimum absolute atomic E-state index is 0.0808. The molecular formula is C27H22F4N4O4S. The molecule has 3 aromatic carbocycles. The molecule has 8 nitrogen and oxygen atoms in total. The van der Waals surface area contributed by atoms with Crippen molar-refractivity contribution in [3.63, 3.8) is 0 Å². The molecule has 0 unspecified atom stereocenters. The highest BCUT2D eigenvalue weighted by atomic mass is 32.2. The van der Waals surface area contributed by atoms with Gasteiger partial charge in [0.25, 0.3) is 15.9 Å². The van der Waals surface area contributed by atoms with Crippen LogP contribution in [-0.4, -0.2) is 50.4 Å². The smallest absolute Gasteiger partial charge is 0.366 e. The first kappa shape index (κ1) is 27.2. The first-order valence-electron chi connectivity index (χ1n) is 12.1. The summed E-state index contributed by atoms with van der Waals surface area (Å²) in [5, 5.41) is -0.0808. The van der Waals surface area contributed by atoms with E-state index in [4.69, 9.17) is 0 Å². The van der Waals surface area contributed by atoms with Gasteiger partial charge < -0.3 is 14.8 Å². The average Bonchev–Trinajstić information content (AvgIpc) is 2.93. The number of piperazine rings is 1. The summed E-state index contributed by atoms with van der Waals surface area (Å²) < 4.78 is 81.2. The fourth-order valence-electron chi connectivity index (χ4n) is 4.53. The van der Waals surface area contributed by atoms with E-state index in [2.05, 4.69) is 9.71 Å². The van der Waals surface area contributed by atoms with Gasteiger partial charge in [-0.2, -0.15) is 13.2 Å². The van der Waals surface area contributed by atoms with Crippen molar-refractivity contribution in [3.8, 4) is 0 Å². The Hall–Kier alpha value is -4.39. The van der Waals surface area contributed by atoms with Crippen LogP contribution >= 0.6 is 0 Å². The number of sulfonamides is 1. The van der Waals surface area contributed by atoms with Gasteiger partial charge in [-0.05, 0) is 48.5 Å². The van der Waals surface area contributed by atoms with Crippen molar-refractivity contribution in [2.45, 2.75) is 11.1 Å². The van der Waals surface area contributed by atoms with E-state index < -0.39 is 33.1 Å². The number of carbonyl (C=O) groups excluding carboxylic acids is 1. The van der Waals surface area contributed by atoms with Gasteiger partial charge in [-0.3, -0.25) is 14.3 Å². The number of H-pyrrole nitrogens is 1. The summed E-state index contributed by atoms with van der Waals surface area (Å²) in [6, 6.07) is 13.6. The van der Waals surface area contributed by atoms with Crippen LogP contribution in [0, 0.1) is 5.82 Å². The van der Waals surface area contributed by atoms with E-state index in [1.165, 1.54) is 35.4 Å². The Morgan fingerprint density at radius 3 is 2.35 bits per heavy atom. The van der Waals surface area contributed by atoms with E-state index in [9.17, 15) is 35.6 Å². The lowest BCUT2D eigenvalue weighted by Crippen LogP contribution is -2.49. The summed E-state index contributed by atoms with van der Waals surface area (Å²) in [4.78, 5) is 32.2. The van der Waals surface area contributed by atoms with Gasteiger partial charge in [-0.1, -0.05) is 18.2 Å². The monoisotopic (exact) mass is 574 g/mol. The lowest BCUT2D eigenvalue weighted by Gasteiger charge is -2.36. The molecule has 1 aliphatic rings. The van der Waals surface area contributed by atoms with Crippen LogP contribution in [0.3, 0.4) is 0 Å². The van der Waals surface area contributed by atoms with Crippen molar-refractivity contribution in [3.05, 3.63) is 100 Å². The summed E-state index contributed by atoms with van der Waals surface area (Å²) in [6.07, 6.45) is -3.41. The molecule has 0 saturated carbocycles. The van der Waals surface area contributed by atoms with Crippen molar-refractivity contribution in [1.82, 2.24) is 9.88 Å². The second-order valence-corrected chi connectivity index (χ2v) is 10.8. The largest absolute Gasteiger partial charge is 0.416 e. The maximum absolute atomic E-state index is 14.1. The maximum atomic E-state index is 14.1. The van der Waals surface area contributed by atoms with Crippen molar-refractivity contribution in [1.29, 1.82) is 0 Å². The lowest BCUT2D eigenvalue weighted by molar-refractivity contribution is -0.137. The summed E-state index contributed by atoms with van der Waals surface area (Å²) in [7, 11) is -4.38. The Kier molecular flexibility index (Phi) is 7.00. The number of halogens is 4. The van der Waals surface area contributed by atoms with E-state index in [-0.39, 0.29) is 46.0 Å². The van der Waals surface area contributed by atoms with Gasteiger partial charge in [0.2, 0.25) is 5.43 Å². The number of carbonyl (C=O) groups is 1. The Labute approximate surface area is 225 Å². The number of hydrogen-bond acceptors (Lipinski definition) is 5. The minimum Gasteiger partial charge on any atom is -0.366 e. The summed E-state index contributed by atoms with van der Waals surface area (Å²) in [5.74, 6) is -0.937. The van der Waals surface area contributed by atoms with Gasteiger partial charge >= 0.3 is 6.18 Å². The standard InChI is InChI=1S/C27H22F4N4O4S/c28-22-6-1-2-7-24(22)34-10-12-35(13-11-34)26(37)21-16-32-23-9-8-19(15-20(23)25(21)36)40(38,39)33-18-5-3-4-17(14-18)27(29,30)31/h1-9,14-16,33H,10-13H2,(H,32,36). The molecule has 4 aromatic rings. The number of pyridine rings is 1. The van der Waals surface area contributed by atoms with E-state index in [1.807, 2.05) is 0 Å². The summed E-state index contributed by atoms with van der Waals surface area (Å²) >= 11 is 0. The molecule has 0 atom stereocenters. The second-order valence-electron chi connectivity index (χ2n) is 9.15. The number of aromatic amines is 1. The molecule has 1 aliphatic heterocycles. The molecule has 1 saturated heterocycles. The molecule has 40 heavy (non-hydrogen) atoms. The third kappa shape index (κ3) is 5.37. The van der Waals surface area contributed by atoms with Crippen LogP contribution in [0.2, 0.25) is 0 Å². The highest BCUT2D eigenvalue weighted by Crippen LogP contribution is 2.31. The Morgan fingerprint density at radius 2 is 1.65 bits per heavy atom. The van der Waals surface area contributed by atoms with Crippen molar-refractivity contribution < 1.29 is 30.8 Å². The Morgan fingerprint density at radius 1 is 0.925 bits per heavy atom. The first-order valence-corrected chi connectivity index (χ1v) is 13.6. The summed E-state index contributed by atoms with van der Waals surface area (Å²) in [5.41, 5.74) is -1.55. The van der Waals surface area contributed by atoms with Gasteiger partial charge in [0.1, 0.15) is 11.4 Å². The third-order valence-electron chi connectivity index (χ3n) is 6.60. The van der Waals surface area contributed by atoms with Gasteiger partial charge in [0, 0.05) is 49.0 Å². The molecule has 5 rings (SSSR count).